The summed E-state index contributed by atoms with van der Waals surface area (Å²) in [5.74, 6) is -0.754. The molecule has 1 amide bonds. The van der Waals surface area contributed by atoms with Crippen molar-refractivity contribution in [3.63, 3.8) is 0 Å². The molecule has 32 heavy (non-hydrogen) atoms. The highest BCUT2D eigenvalue weighted by Crippen LogP contribution is 2.34. The summed E-state index contributed by atoms with van der Waals surface area (Å²) in [4.78, 5) is 16.4. The summed E-state index contributed by atoms with van der Waals surface area (Å²) in [6.45, 7) is 1.10. The number of amides is 1. The number of oxazole rings is 1. The van der Waals surface area contributed by atoms with Gasteiger partial charge in [0.05, 0.1) is 16.8 Å². The van der Waals surface area contributed by atoms with Crippen molar-refractivity contribution in [1.29, 1.82) is 0 Å². The van der Waals surface area contributed by atoms with Gasteiger partial charge in [-0.15, -0.1) is 0 Å². The molecule has 1 aliphatic heterocycles. The summed E-state index contributed by atoms with van der Waals surface area (Å²) in [6, 6.07) is 13.3. The normalized spacial score (nSPS) is 16.2. The number of sulfone groups is 1. The zero-order valence-electron chi connectivity index (χ0n) is 17.0. The molecule has 1 atom stereocenters. The highest BCUT2D eigenvalue weighted by atomic mass is 32.2. The number of hydrogen-bond donors (Lipinski definition) is 1. The van der Waals surface area contributed by atoms with Crippen LogP contribution in [0, 0.1) is 5.82 Å². The molecular weight excluding hydrogens is 455 g/mol. The van der Waals surface area contributed by atoms with Gasteiger partial charge < -0.3 is 14.5 Å². The molecule has 0 spiro atoms. The first-order valence-corrected chi connectivity index (χ1v) is 12.5. The first-order chi connectivity index (χ1) is 15.4. The Morgan fingerprint density at radius 2 is 1.91 bits per heavy atom. The topological polar surface area (TPSA) is 98.5 Å². The van der Waals surface area contributed by atoms with Gasteiger partial charge in [0.2, 0.25) is 31.8 Å². The van der Waals surface area contributed by atoms with E-state index in [1.807, 2.05) is 6.07 Å². The molecule has 7 nitrogen and oxygen atoms in total. The molecule has 0 bridgehead atoms. The zero-order valence-corrected chi connectivity index (χ0v) is 18.6. The van der Waals surface area contributed by atoms with Crippen LogP contribution in [0.25, 0.3) is 11.5 Å². The minimum absolute atomic E-state index is 0.000412. The van der Waals surface area contributed by atoms with Crippen LogP contribution in [0.2, 0.25) is 0 Å². The van der Waals surface area contributed by atoms with E-state index >= 15 is 0 Å². The monoisotopic (exact) mass is 476 g/mol. The summed E-state index contributed by atoms with van der Waals surface area (Å²) in [5.41, 5.74) is 0.595. The number of thioether (sulfide) groups is 1. The number of rotatable bonds is 8. The van der Waals surface area contributed by atoms with Crippen molar-refractivity contribution in [2.75, 3.05) is 18.9 Å². The van der Waals surface area contributed by atoms with Crippen molar-refractivity contribution in [3.05, 3.63) is 60.4 Å². The second-order valence-corrected chi connectivity index (χ2v) is 9.98. The lowest BCUT2D eigenvalue weighted by atomic mass is 10.2. The molecule has 1 fully saturated rings. The van der Waals surface area contributed by atoms with Gasteiger partial charge in [0.25, 0.3) is 0 Å². The third-order valence-corrected chi connectivity index (χ3v) is 7.60. The number of hydrogen-bond acceptors (Lipinski definition) is 7. The molecule has 2 aromatic carbocycles. The lowest BCUT2D eigenvalue weighted by molar-refractivity contribution is -0.119. The quantitative estimate of drug-likeness (QED) is 0.391. The Bertz CT molecular complexity index is 1170. The molecule has 0 radical (unpaired) electrons. The second-order valence-electron chi connectivity index (χ2n) is 7.16. The zero-order chi connectivity index (χ0) is 22.6. The lowest BCUT2D eigenvalue weighted by Crippen LogP contribution is -2.32. The predicted octanol–water partition coefficient (Wildman–Crippen LogP) is 3.70. The van der Waals surface area contributed by atoms with Gasteiger partial charge >= 0.3 is 0 Å². The van der Waals surface area contributed by atoms with Gasteiger partial charge in [-0.1, -0.05) is 30.0 Å². The van der Waals surface area contributed by atoms with Gasteiger partial charge in [-0.25, -0.2) is 12.8 Å². The Morgan fingerprint density at radius 3 is 2.59 bits per heavy atom. The van der Waals surface area contributed by atoms with Crippen LogP contribution in [0.1, 0.15) is 12.8 Å². The fourth-order valence-corrected chi connectivity index (χ4v) is 5.56. The molecule has 168 valence electrons. The number of ether oxygens (including phenoxy) is 1. The summed E-state index contributed by atoms with van der Waals surface area (Å²) >= 11 is 0.943. The molecule has 1 N–H and O–H groups in total. The van der Waals surface area contributed by atoms with Crippen molar-refractivity contribution in [1.82, 2.24) is 10.3 Å². The van der Waals surface area contributed by atoms with Gasteiger partial charge in [-0.3, -0.25) is 4.79 Å². The fourth-order valence-electron chi connectivity index (χ4n) is 3.20. The third-order valence-electron chi connectivity index (χ3n) is 4.85. The van der Waals surface area contributed by atoms with Gasteiger partial charge in [0.1, 0.15) is 5.82 Å². The van der Waals surface area contributed by atoms with Crippen LogP contribution >= 0.6 is 11.8 Å². The molecule has 2 heterocycles. The lowest BCUT2D eigenvalue weighted by Gasteiger charge is -2.10. The maximum absolute atomic E-state index is 13.3. The van der Waals surface area contributed by atoms with Crippen LogP contribution in [0.3, 0.4) is 0 Å². The second kappa shape index (κ2) is 9.85. The van der Waals surface area contributed by atoms with Crippen molar-refractivity contribution in [3.8, 4) is 11.5 Å². The van der Waals surface area contributed by atoms with Crippen LogP contribution in [0.15, 0.2) is 74.0 Å². The van der Waals surface area contributed by atoms with E-state index in [2.05, 4.69) is 10.3 Å². The van der Waals surface area contributed by atoms with E-state index in [1.165, 1.54) is 12.1 Å². The predicted molar refractivity (Wildman–Crippen MR) is 116 cm³/mol. The molecule has 1 aromatic heterocycles. The first-order valence-electron chi connectivity index (χ1n) is 10.0. The summed E-state index contributed by atoms with van der Waals surface area (Å²) in [6.07, 6.45) is 1.88. The van der Waals surface area contributed by atoms with Crippen molar-refractivity contribution >= 4 is 27.5 Å². The third kappa shape index (κ3) is 5.20. The van der Waals surface area contributed by atoms with Crippen LogP contribution in [0.5, 0.6) is 0 Å². The van der Waals surface area contributed by atoms with Crippen LogP contribution in [-0.4, -0.2) is 44.3 Å². The van der Waals surface area contributed by atoms with E-state index < -0.39 is 15.7 Å². The number of halogens is 1. The molecule has 10 heteroatoms. The van der Waals surface area contributed by atoms with E-state index in [0.717, 1.165) is 36.7 Å². The number of aromatic nitrogens is 1. The Hall–Kier alpha value is -2.69. The molecule has 0 unspecified atom stereocenters. The fraction of sp³-hybridized carbons (Fsp3) is 0.273. The summed E-state index contributed by atoms with van der Waals surface area (Å²) in [5, 5.41) is 2.49. The molecule has 1 aliphatic rings. The Kier molecular flexibility index (Phi) is 6.92. The van der Waals surface area contributed by atoms with E-state index in [4.69, 9.17) is 9.15 Å². The minimum Gasteiger partial charge on any atom is -0.428 e. The van der Waals surface area contributed by atoms with Crippen LogP contribution in [0.4, 0.5) is 4.39 Å². The maximum Gasteiger partial charge on any atom is 0.230 e. The Morgan fingerprint density at radius 1 is 1.16 bits per heavy atom. The van der Waals surface area contributed by atoms with Crippen LogP contribution in [-0.2, 0) is 19.4 Å². The van der Waals surface area contributed by atoms with Gasteiger partial charge in [0, 0.05) is 18.7 Å². The number of nitrogens with one attached hydrogen (secondary N) is 1. The summed E-state index contributed by atoms with van der Waals surface area (Å²) in [7, 11) is -4.09. The van der Waals surface area contributed by atoms with Crippen LogP contribution < -0.4 is 5.32 Å². The van der Waals surface area contributed by atoms with Gasteiger partial charge in [-0.05, 0) is 49.2 Å². The minimum atomic E-state index is -4.09. The molecule has 0 aliphatic carbocycles. The highest BCUT2D eigenvalue weighted by molar-refractivity contribution is 8.00. The van der Waals surface area contributed by atoms with E-state index in [1.54, 1.807) is 24.3 Å². The van der Waals surface area contributed by atoms with E-state index in [0.29, 0.717) is 18.7 Å². The van der Waals surface area contributed by atoms with Crippen molar-refractivity contribution in [2.45, 2.75) is 34.0 Å². The van der Waals surface area contributed by atoms with Crippen molar-refractivity contribution in [2.24, 2.45) is 0 Å². The van der Waals surface area contributed by atoms with Gasteiger partial charge in [0.15, 0.2) is 0 Å². The first kappa shape index (κ1) is 22.5. The number of carbonyl (C=O) groups excluding carboxylic acids is 1. The summed E-state index contributed by atoms with van der Waals surface area (Å²) < 4.78 is 50.9. The molecule has 1 saturated heterocycles. The van der Waals surface area contributed by atoms with Crippen molar-refractivity contribution < 1.29 is 26.8 Å². The largest absolute Gasteiger partial charge is 0.428 e. The molecular formula is C22H21FN2O5S2. The van der Waals surface area contributed by atoms with E-state index in [9.17, 15) is 17.6 Å². The standard InChI is InChI=1S/C22H21FN2O5S2/c23-16-8-10-18(11-9-16)32(27,28)21-22(30-20(25-21)15-5-2-1-3-6-15)31-14-19(26)24-13-17-7-4-12-29-17/h1-3,5-6,8-11,17H,4,7,12-14H2,(H,24,26)/t17-/m1/s1. The molecule has 0 saturated carbocycles. The Labute approximate surface area is 189 Å². The van der Waals surface area contributed by atoms with Gasteiger partial charge in [-0.2, -0.15) is 4.98 Å². The smallest absolute Gasteiger partial charge is 0.230 e. The highest BCUT2D eigenvalue weighted by Gasteiger charge is 2.29. The van der Waals surface area contributed by atoms with E-state index in [-0.39, 0.29) is 38.7 Å². The maximum atomic E-state index is 13.3. The molecule has 4 rings (SSSR count). The Balaban J connectivity index is 1.57. The molecule has 3 aromatic rings. The number of nitrogens with zero attached hydrogens (tertiary/aromatic N) is 1. The average molecular weight is 477 g/mol. The number of benzene rings is 2. The SMILES string of the molecule is O=C(CSc1oc(-c2ccccc2)nc1S(=O)(=O)c1ccc(F)cc1)NC[C@H]1CCCO1. The number of carbonyl (C=O) groups is 1. The average Bonchev–Trinajstić information content (AvgIpc) is 3.47.